The molecule has 2 aromatic rings. The van der Waals surface area contributed by atoms with E-state index in [0.717, 1.165) is 5.56 Å². The highest BCUT2D eigenvalue weighted by atomic mass is 32.2. The van der Waals surface area contributed by atoms with Crippen molar-refractivity contribution < 1.29 is 17.9 Å². The van der Waals surface area contributed by atoms with Gasteiger partial charge in [0.1, 0.15) is 5.75 Å². The largest absolute Gasteiger partial charge is 0.495 e. The number of carbonyl (C=O) groups is 1. The normalized spacial score (nSPS) is 17.9. The number of hydrogen-bond acceptors (Lipinski definition) is 4. The maximum absolute atomic E-state index is 12.7. The van der Waals surface area contributed by atoms with Crippen molar-refractivity contribution in [3.8, 4) is 5.75 Å². The van der Waals surface area contributed by atoms with E-state index in [2.05, 4.69) is 5.32 Å². The highest BCUT2D eigenvalue weighted by molar-refractivity contribution is 7.90. The van der Waals surface area contributed by atoms with Crippen LogP contribution in [-0.2, 0) is 15.6 Å². The molecule has 2 amide bonds. The van der Waals surface area contributed by atoms with Crippen molar-refractivity contribution in [2.45, 2.75) is 18.3 Å². The predicted octanol–water partition coefficient (Wildman–Crippen LogP) is 2.28. The van der Waals surface area contributed by atoms with Crippen LogP contribution in [0, 0.1) is 0 Å². The van der Waals surface area contributed by atoms with Crippen molar-refractivity contribution in [2.75, 3.05) is 36.4 Å². The molecule has 0 radical (unpaired) electrons. The van der Waals surface area contributed by atoms with Crippen molar-refractivity contribution in [3.05, 3.63) is 54.1 Å². The van der Waals surface area contributed by atoms with Gasteiger partial charge in [-0.05, 0) is 36.6 Å². The van der Waals surface area contributed by atoms with Gasteiger partial charge in [-0.1, -0.05) is 30.3 Å². The van der Waals surface area contributed by atoms with Crippen LogP contribution in [0.1, 0.15) is 18.4 Å². The Kier molecular flexibility index (Phi) is 4.87. The Balaban J connectivity index is 1.50. The number of ether oxygens (including phenoxy) is 1. The third-order valence-corrected chi connectivity index (χ3v) is 6.79. The molecule has 154 valence electrons. The number of nitrogens with one attached hydrogen (secondary N) is 1. The fourth-order valence-corrected chi connectivity index (χ4v) is 5.18. The molecule has 0 aliphatic carbocycles. The van der Waals surface area contributed by atoms with E-state index in [-0.39, 0.29) is 11.4 Å². The van der Waals surface area contributed by atoms with E-state index in [0.29, 0.717) is 49.6 Å². The smallest absolute Gasteiger partial charge is 0.321 e. The molecular formula is C20H24N4O4S. The standard InChI is InChI=1S/C20H24N4O4S/c1-28-18-9-5-3-7-16(18)22-19(25)23-12-10-20(11-13-23)14-24(29(21,26)27)17-8-4-2-6-15(17)20/h2-9H,10-14H2,1H3,(H,22,25)(H2,21,26,27). The van der Waals surface area contributed by atoms with Gasteiger partial charge in [0.15, 0.2) is 0 Å². The molecule has 0 unspecified atom stereocenters. The van der Waals surface area contributed by atoms with Gasteiger partial charge in [-0.2, -0.15) is 8.42 Å². The second-order valence-electron chi connectivity index (χ2n) is 7.47. The summed E-state index contributed by atoms with van der Waals surface area (Å²) in [5, 5.41) is 8.34. The number of urea groups is 1. The first-order valence-corrected chi connectivity index (χ1v) is 10.9. The molecule has 3 N–H and O–H groups in total. The van der Waals surface area contributed by atoms with Gasteiger partial charge in [0.05, 0.1) is 18.5 Å². The van der Waals surface area contributed by atoms with E-state index in [1.165, 1.54) is 4.31 Å². The molecule has 1 fully saturated rings. The van der Waals surface area contributed by atoms with Crippen LogP contribution in [-0.4, -0.2) is 46.1 Å². The van der Waals surface area contributed by atoms with Gasteiger partial charge < -0.3 is 15.0 Å². The number of amides is 2. The molecule has 2 aliphatic rings. The van der Waals surface area contributed by atoms with Gasteiger partial charge in [0, 0.05) is 25.0 Å². The molecule has 1 saturated heterocycles. The second-order valence-corrected chi connectivity index (χ2v) is 8.94. The maximum Gasteiger partial charge on any atom is 0.321 e. The number of nitrogens with zero attached hydrogens (tertiary/aromatic N) is 2. The number of rotatable bonds is 3. The number of methoxy groups -OCH3 is 1. The SMILES string of the molecule is COc1ccccc1NC(=O)N1CCC2(CC1)CN(S(N)(=O)=O)c1ccccc12. The summed E-state index contributed by atoms with van der Waals surface area (Å²) in [4.78, 5) is 14.5. The Hall–Kier alpha value is -2.78. The third-order valence-electron chi connectivity index (χ3n) is 5.85. The number of nitrogens with two attached hydrogens (primary N) is 1. The number of benzene rings is 2. The van der Waals surface area contributed by atoms with Crippen LogP contribution in [0.2, 0.25) is 0 Å². The predicted molar refractivity (Wildman–Crippen MR) is 111 cm³/mol. The summed E-state index contributed by atoms with van der Waals surface area (Å²) in [5.74, 6) is 0.600. The van der Waals surface area contributed by atoms with Gasteiger partial charge >= 0.3 is 6.03 Å². The van der Waals surface area contributed by atoms with Crippen LogP contribution in [0.5, 0.6) is 5.75 Å². The van der Waals surface area contributed by atoms with E-state index in [9.17, 15) is 13.2 Å². The number of para-hydroxylation sites is 3. The molecule has 0 saturated carbocycles. The molecule has 4 rings (SSSR count). The molecule has 2 heterocycles. The van der Waals surface area contributed by atoms with Crippen molar-refractivity contribution in [1.29, 1.82) is 0 Å². The summed E-state index contributed by atoms with van der Waals surface area (Å²) in [6.45, 7) is 1.36. The van der Waals surface area contributed by atoms with Crippen LogP contribution in [0.25, 0.3) is 0 Å². The second kappa shape index (κ2) is 7.23. The summed E-state index contributed by atoms with van der Waals surface area (Å²) >= 11 is 0. The Morgan fingerprint density at radius 1 is 1.10 bits per heavy atom. The first-order chi connectivity index (χ1) is 13.8. The Bertz CT molecular complexity index is 1030. The molecule has 9 heteroatoms. The molecule has 0 bridgehead atoms. The van der Waals surface area contributed by atoms with Gasteiger partial charge in [-0.3, -0.25) is 4.31 Å². The van der Waals surface area contributed by atoms with Crippen LogP contribution in [0.15, 0.2) is 48.5 Å². The lowest BCUT2D eigenvalue weighted by Crippen LogP contribution is -2.49. The highest BCUT2D eigenvalue weighted by Crippen LogP contribution is 2.47. The summed E-state index contributed by atoms with van der Waals surface area (Å²) in [6.07, 6.45) is 1.32. The summed E-state index contributed by atoms with van der Waals surface area (Å²) in [5.41, 5.74) is 1.91. The average Bonchev–Trinajstić information content (AvgIpc) is 3.04. The number of anilines is 2. The third kappa shape index (κ3) is 3.51. The van der Waals surface area contributed by atoms with Gasteiger partial charge in [-0.15, -0.1) is 0 Å². The quantitative estimate of drug-likeness (QED) is 0.801. The van der Waals surface area contributed by atoms with Crippen molar-refractivity contribution in [2.24, 2.45) is 5.14 Å². The molecule has 8 nitrogen and oxygen atoms in total. The van der Waals surface area contributed by atoms with Crippen LogP contribution < -0.4 is 19.5 Å². The van der Waals surface area contributed by atoms with Crippen LogP contribution in [0.3, 0.4) is 0 Å². The monoisotopic (exact) mass is 416 g/mol. The van der Waals surface area contributed by atoms with E-state index < -0.39 is 10.2 Å². The van der Waals surface area contributed by atoms with E-state index in [4.69, 9.17) is 9.88 Å². The van der Waals surface area contributed by atoms with Crippen molar-refractivity contribution in [1.82, 2.24) is 4.90 Å². The van der Waals surface area contributed by atoms with E-state index in [1.807, 2.05) is 30.3 Å². The zero-order valence-electron chi connectivity index (χ0n) is 16.2. The molecule has 0 aromatic heterocycles. The van der Waals surface area contributed by atoms with Crippen molar-refractivity contribution in [3.63, 3.8) is 0 Å². The average molecular weight is 417 g/mol. The Morgan fingerprint density at radius 3 is 2.45 bits per heavy atom. The Labute approximate surface area is 170 Å². The highest BCUT2D eigenvalue weighted by Gasteiger charge is 2.47. The molecule has 2 aliphatic heterocycles. The fraction of sp³-hybridized carbons (Fsp3) is 0.350. The fourth-order valence-electron chi connectivity index (χ4n) is 4.32. The minimum absolute atomic E-state index is 0.195. The minimum atomic E-state index is -3.84. The number of hydrogen-bond donors (Lipinski definition) is 2. The molecule has 2 aromatic carbocycles. The first-order valence-electron chi connectivity index (χ1n) is 9.43. The number of fused-ring (bicyclic) bond motifs is 2. The van der Waals surface area contributed by atoms with E-state index in [1.54, 1.807) is 30.2 Å². The lowest BCUT2D eigenvalue weighted by atomic mass is 9.74. The minimum Gasteiger partial charge on any atom is -0.495 e. The van der Waals surface area contributed by atoms with Gasteiger partial charge in [-0.25, -0.2) is 9.93 Å². The maximum atomic E-state index is 12.7. The van der Waals surface area contributed by atoms with Crippen LogP contribution >= 0.6 is 0 Å². The molecule has 29 heavy (non-hydrogen) atoms. The van der Waals surface area contributed by atoms with Gasteiger partial charge in [0.2, 0.25) is 0 Å². The first kappa shape index (κ1) is 19.5. The zero-order chi connectivity index (χ0) is 20.6. The number of likely N-dealkylation sites (tertiary alicyclic amines) is 1. The van der Waals surface area contributed by atoms with E-state index >= 15 is 0 Å². The molecule has 0 atom stereocenters. The lowest BCUT2D eigenvalue weighted by molar-refractivity contribution is 0.173. The zero-order valence-corrected chi connectivity index (χ0v) is 17.0. The molecule has 1 spiro atoms. The number of piperidine rings is 1. The molecular weight excluding hydrogens is 392 g/mol. The van der Waals surface area contributed by atoms with Gasteiger partial charge in [0.25, 0.3) is 10.2 Å². The lowest BCUT2D eigenvalue weighted by Gasteiger charge is -2.39. The Morgan fingerprint density at radius 2 is 1.76 bits per heavy atom. The van der Waals surface area contributed by atoms with Crippen LogP contribution in [0.4, 0.5) is 16.2 Å². The summed E-state index contributed by atoms with van der Waals surface area (Å²) in [7, 11) is -2.28. The van der Waals surface area contributed by atoms with Crippen molar-refractivity contribution >= 4 is 27.6 Å². The topological polar surface area (TPSA) is 105 Å². The summed E-state index contributed by atoms with van der Waals surface area (Å²) in [6, 6.07) is 14.5. The summed E-state index contributed by atoms with van der Waals surface area (Å²) < 4.78 is 30.7. The number of carbonyl (C=O) groups excluding carboxylic acids is 1.